The van der Waals surface area contributed by atoms with Gasteiger partial charge in [-0.1, -0.05) is 42.5 Å². The van der Waals surface area contributed by atoms with Gasteiger partial charge in [0.05, 0.1) is 6.04 Å². The number of benzene rings is 2. The summed E-state index contributed by atoms with van der Waals surface area (Å²) in [7, 11) is -9.98. The van der Waals surface area contributed by atoms with Gasteiger partial charge in [0.25, 0.3) is 0 Å². The fourth-order valence-electron chi connectivity index (χ4n) is 2.18. The lowest BCUT2D eigenvalue weighted by atomic mass is 10.0. The van der Waals surface area contributed by atoms with E-state index in [1.54, 1.807) is 19.1 Å². The molecule has 0 heterocycles. The summed E-state index contributed by atoms with van der Waals surface area (Å²) in [5.74, 6) is 0. The third-order valence-corrected chi connectivity index (χ3v) is 5.99. The van der Waals surface area contributed by atoms with Crippen molar-refractivity contribution in [2.24, 2.45) is 4.99 Å². The van der Waals surface area contributed by atoms with Crippen LogP contribution in [0.15, 0.2) is 47.5 Å². The van der Waals surface area contributed by atoms with E-state index in [1.807, 2.05) is 30.3 Å². The summed E-state index contributed by atoms with van der Waals surface area (Å²) in [5.41, 5.74) is 0.650. The third kappa shape index (κ3) is 3.77. The van der Waals surface area contributed by atoms with Gasteiger partial charge in [-0.15, -0.1) is 0 Å². The highest BCUT2D eigenvalue weighted by atomic mass is 31.3. The van der Waals surface area contributed by atoms with Crippen LogP contribution in [-0.2, 0) is 4.57 Å². The van der Waals surface area contributed by atoms with Crippen LogP contribution in [0.25, 0.3) is 10.8 Å². The average Bonchev–Trinajstić information content (AvgIpc) is 2.41. The lowest BCUT2D eigenvalue weighted by molar-refractivity contribution is 0.348. The topological polar surface area (TPSA) is 131 Å². The molecule has 1 atom stereocenters. The zero-order valence-electron chi connectivity index (χ0n) is 11.6. The van der Waals surface area contributed by atoms with Crippen molar-refractivity contribution >= 4 is 31.5 Å². The van der Waals surface area contributed by atoms with Crippen molar-refractivity contribution in [3.05, 3.63) is 48.0 Å². The Morgan fingerprint density at radius 1 is 1.09 bits per heavy atom. The first-order valence-corrected chi connectivity index (χ1v) is 9.56. The first-order chi connectivity index (χ1) is 10.1. The smallest absolute Gasteiger partial charge is 0.317 e. The number of aliphatic imine (C=N–C) groups is 1. The molecule has 9 heteroatoms. The number of nitrogens with zero attached hydrogens (tertiary/aromatic N) is 1. The second-order valence-electron chi connectivity index (χ2n) is 4.79. The van der Waals surface area contributed by atoms with E-state index in [4.69, 9.17) is 9.79 Å². The van der Waals surface area contributed by atoms with Crippen LogP contribution in [0.1, 0.15) is 18.5 Å². The molecular weight excluding hydrogens is 328 g/mol. The fraction of sp³-hybridized carbons (Fsp3) is 0.154. The van der Waals surface area contributed by atoms with Gasteiger partial charge in [-0.25, -0.2) is 9.56 Å². The summed E-state index contributed by atoms with van der Waals surface area (Å²) in [6.45, 7) is 1.55. The van der Waals surface area contributed by atoms with Gasteiger partial charge in [0.15, 0.2) is 0 Å². The fourth-order valence-corrected chi connectivity index (χ4v) is 4.23. The molecule has 22 heavy (non-hydrogen) atoms. The van der Waals surface area contributed by atoms with Crippen LogP contribution in [-0.4, -0.2) is 29.7 Å². The zero-order valence-corrected chi connectivity index (χ0v) is 13.4. The van der Waals surface area contributed by atoms with Gasteiger partial charge in [-0.2, -0.15) is 14.7 Å². The van der Waals surface area contributed by atoms with Gasteiger partial charge in [-0.3, -0.25) is 0 Å². The molecule has 0 aliphatic rings. The van der Waals surface area contributed by atoms with Crippen LogP contribution in [0.3, 0.4) is 0 Å². The minimum absolute atomic E-state index is 0.650. The second kappa shape index (κ2) is 6.14. The SMILES string of the molecule is C[C@H](N=C(P(=O)(O)O)[P+](O)(O)O)c1cccc2ccccc12. The van der Waals surface area contributed by atoms with Crippen molar-refractivity contribution in [3.8, 4) is 0 Å². The van der Waals surface area contributed by atoms with Gasteiger partial charge in [0.2, 0.25) is 0 Å². The Balaban J connectivity index is 2.56. The van der Waals surface area contributed by atoms with Crippen molar-refractivity contribution in [1.82, 2.24) is 0 Å². The molecule has 0 saturated carbocycles. The summed E-state index contributed by atoms with van der Waals surface area (Å²) >= 11 is 0. The number of hydrogen-bond acceptors (Lipinski definition) is 5. The Hall–Kier alpha value is -1.17. The van der Waals surface area contributed by atoms with Crippen molar-refractivity contribution in [3.63, 3.8) is 0 Å². The molecule has 0 spiro atoms. The van der Waals surface area contributed by atoms with Gasteiger partial charge >= 0.3 is 20.7 Å². The molecule has 7 nitrogen and oxygen atoms in total. The Bertz CT molecular complexity index is 759. The molecule has 0 aromatic heterocycles. The van der Waals surface area contributed by atoms with Gasteiger partial charge < -0.3 is 9.79 Å². The van der Waals surface area contributed by atoms with E-state index in [9.17, 15) is 19.2 Å². The molecule has 0 amide bonds. The molecular formula is C13H16NO6P2+. The molecule has 2 aromatic carbocycles. The maximum absolute atomic E-state index is 11.3. The van der Waals surface area contributed by atoms with Gasteiger partial charge in [0, 0.05) is 0 Å². The van der Waals surface area contributed by atoms with Crippen LogP contribution < -0.4 is 0 Å². The first kappa shape index (κ1) is 17.2. The molecule has 0 aliphatic carbocycles. The number of rotatable bonds is 4. The van der Waals surface area contributed by atoms with Gasteiger partial charge in [0.1, 0.15) is 0 Å². The minimum atomic E-state index is -5.08. The van der Waals surface area contributed by atoms with E-state index >= 15 is 0 Å². The molecule has 0 bridgehead atoms. The Labute approximate surface area is 127 Å². The summed E-state index contributed by atoms with van der Waals surface area (Å²) in [5, 5.41) is 0.460. The summed E-state index contributed by atoms with van der Waals surface area (Å²) < 4.78 is 11.3. The second-order valence-corrected chi connectivity index (χ2v) is 8.21. The quantitative estimate of drug-likeness (QED) is 0.427. The highest BCUT2D eigenvalue weighted by Crippen LogP contribution is 2.61. The van der Waals surface area contributed by atoms with Crippen LogP contribution in [0.5, 0.6) is 0 Å². The van der Waals surface area contributed by atoms with Crippen LogP contribution in [0.2, 0.25) is 0 Å². The Morgan fingerprint density at radius 2 is 1.68 bits per heavy atom. The predicted octanol–water partition coefficient (Wildman–Crippen LogP) is 2.17. The van der Waals surface area contributed by atoms with Crippen LogP contribution >= 0.6 is 15.5 Å². The van der Waals surface area contributed by atoms with Crippen molar-refractivity contribution in [2.75, 3.05) is 0 Å². The molecule has 0 aliphatic heterocycles. The third-order valence-electron chi connectivity index (χ3n) is 3.11. The predicted molar refractivity (Wildman–Crippen MR) is 85.4 cm³/mol. The average molecular weight is 344 g/mol. The molecule has 0 fully saturated rings. The minimum Gasteiger partial charge on any atom is -0.317 e. The standard InChI is InChI=1S/C13H15NO6P2/c1-9(14-13(21(15,16)17)22(18,19)20)11-8-4-6-10-5-2-3-7-12(10)11/h2-9,15-17H,1H3,(H-,18,19,20)/p+1/t9-/m0/s1. The Kier molecular flexibility index (Phi) is 4.80. The van der Waals surface area contributed by atoms with Crippen molar-refractivity contribution < 1.29 is 29.0 Å². The van der Waals surface area contributed by atoms with E-state index in [0.29, 0.717) is 5.56 Å². The van der Waals surface area contributed by atoms with E-state index in [2.05, 4.69) is 4.99 Å². The maximum Gasteiger partial charge on any atom is 0.469 e. The summed E-state index contributed by atoms with van der Waals surface area (Å²) in [4.78, 5) is 49.7. The van der Waals surface area contributed by atoms with Gasteiger partial charge in [-0.05, 0) is 23.3 Å². The molecule has 5 N–H and O–H groups in total. The highest BCUT2D eigenvalue weighted by Gasteiger charge is 2.52. The molecule has 2 rings (SSSR count). The summed E-state index contributed by atoms with van der Waals surface area (Å²) in [6.07, 6.45) is 0. The molecule has 0 unspecified atom stereocenters. The number of hydrogen-bond donors (Lipinski definition) is 5. The molecule has 0 radical (unpaired) electrons. The lowest BCUT2D eigenvalue weighted by Gasteiger charge is -2.14. The largest absolute Gasteiger partial charge is 0.469 e. The monoisotopic (exact) mass is 344 g/mol. The maximum atomic E-state index is 11.3. The summed E-state index contributed by atoms with van der Waals surface area (Å²) in [6, 6.07) is 12.0. The Morgan fingerprint density at radius 3 is 2.27 bits per heavy atom. The van der Waals surface area contributed by atoms with E-state index in [0.717, 1.165) is 10.8 Å². The molecule has 2 aromatic rings. The normalized spacial score (nSPS) is 15.1. The molecule has 0 saturated heterocycles. The van der Waals surface area contributed by atoms with Crippen LogP contribution in [0.4, 0.5) is 0 Å². The number of fused-ring (bicyclic) bond motifs is 1. The molecule has 118 valence electrons. The zero-order chi connectivity index (χ0) is 16.5. The van der Waals surface area contributed by atoms with E-state index in [1.165, 1.54) is 0 Å². The first-order valence-electron chi connectivity index (χ1n) is 6.30. The lowest BCUT2D eigenvalue weighted by Crippen LogP contribution is -2.08. The van der Waals surface area contributed by atoms with Crippen molar-refractivity contribution in [2.45, 2.75) is 13.0 Å². The van der Waals surface area contributed by atoms with E-state index < -0.39 is 26.8 Å². The van der Waals surface area contributed by atoms with E-state index in [-0.39, 0.29) is 0 Å². The van der Waals surface area contributed by atoms with Crippen molar-refractivity contribution in [1.29, 1.82) is 0 Å². The highest BCUT2D eigenvalue weighted by molar-refractivity contribution is 8.00. The van der Waals surface area contributed by atoms with Crippen LogP contribution in [0, 0.1) is 0 Å².